The molecule has 1 saturated carbocycles. The van der Waals surface area contributed by atoms with Crippen molar-refractivity contribution in [3.05, 3.63) is 89.0 Å². The molecular weight excluding hydrogens is 432 g/mol. The van der Waals surface area contributed by atoms with Crippen molar-refractivity contribution >= 4 is 23.7 Å². The van der Waals surface area contributed by atoms with Crippen molar-refractivity contribution in [1.29, 1.82) is 0 Å². The number of carbonyl (C=O) groups is 3. The molecule has 7 nitrogen and oxygen atoms in total. The Morgan fingerprint density at radius 1 is 0.941 bits per heavy atom. The Labute approximate surface area is 196 Å². The van der Waals surface area contributed by atoms with Crippen LogP contribution in [0.1, 0.15) is 45.8 Å². The van der Waals surface area contributed by atoms with Gasteiger partial charge in [-0.3, -0.25) is 4.79 Å². The molecule has 172 valence electrons. The van der Waals surface area contributed by atoms with Crippen LogP contribution >= 0.6 is 0 Å². The van der Waals surface area contributed by atoms with E-state index < -0.39 is 17.6 Å². The van der Waals surface area contributed by atoms with Crippen LogP contribution in [0.5, 0.6) is 0 Å². The minimum atomic E-state index is -1.06. The molecule has 0 aromatic heterocycles. The summed E-state index contributed by atoms with van der Waals surface area (Å²) in [5.74, 6) is -1.51. The molecule has 34 heavy (non-hydrogen) atoms. The second-order valence-corrected chi connectivity index (χ2v) is 8.77. The molecule has 0 spiro atoms. The smallest absolute Gasteiger partial charge is 0.408 e. The fourth-order valence-electron chi connectivity index (χ4n) is 4.61. The highest BCUT2D eigenvalue weighted by atomic mass is 16.5. The highest BCUT2D eigenvalue weighted by Gasteiger charge is 2.52. The molecule has 0 radical (unpaired) electrons. The standard InChI is InChI=1S/C27H24N2O5/c1-16-17(24(30)31)11-6-12-23(16)28-25(32)27(13-14-27)29-26(33)34-15-22-20-9-4-2-7-18(20)19-8-3-5-10-21(19)22/h2-12,22H,13-15H2,1H3,(H,28,32)(H,29,33)(H,30,31). The highest BCUT2D eigenvalue weighted by molar-refractivity contribution is 6.03. The molecule has 3 N–H and O–H groups in total. The van der Waals surface area contributed by atoms with Gasteiger partial charge in [0.15, 0.2) is 0 Å². The Kier molecular flexibility index (Phi) is 5.32. The molecule has 2 aliphatic carbocycles. The minimum Gasteiger partial charge on any atom is -0.478 e. The summed E-state index contributed by atoms with van der Waals surface area (Å²) in [6.45, 7) is 1.80. The molecule has 0 unspecified atom stereocenters. The van der Waals surface area contributed by atoms with Gasteiger partial charge in [-0.1, -0.05) is 54.6 Å². The Bertz CT molecular complexity index is 1270. The number of rotatable bonds is 6. The summed E-state index contributed by atoms with van der Waals surface area (Å²) >= 11 is 0. The number of hydrogen-bond acceptors (Lipinski definition) is 4. The highest BCUT2D eigenvalue weighted by Crippen LogP contribution is 2.44. The summed E-state index contributed by atoms with van der Waals surface area (Å²) in [5, 5.41) is 14.8. The van der Waals surface area contributed by atoms with Gasteiger partial charge in [0.1, 0.15) is 12.1 Å². The third-order valence-corrected chi connectivity index (χ3v) is 6.68. The Morgan fingerprint density at radius 3 is 2.15 bits per heavy atom. The number of nitrogens with one attached hydrogen (secondary N) is 2. The van der Waals surface area contributed by atoms with Crippen molar-refractivity contribution in [3.8, 4) is 11.1 Å². The first kappa shape index (κ1) is 21.7. The van der Waals surface area contributed by atoms with Crippen molar-refractivity contribution in [2.75, 3.05) is 11.9 Å². The van der Waals surface area contributed by atoms with Gasteiger partial charge < -0.3 is 20.5 Å². The van der Waals surface area contributed by atoms with Crippen LogP contribution in [0.3, 0.4) is 0 Å². The first-order chi connectivity index (χ1) is 16.4. The largest absolute Gasteiger partial charge is 0.478 e. The van der Waals surface area contributed by atoms with Crippen LogP contribution in [0, 0.1) is 6.92 Å². The maximum atomic E-state index is 12.9. The number of benzene rings is 3. The van der Waals surface area contributed by atoms with Gasteiger partial charge >= 0.3 is 12.1 Å². The predicted octanol–water partition coefficient (Wildman–Crippen LogP) is 4.70. The summed E-state index contributed by atoms with van der Waals surface area (Å²) in [4.78, 5) is 36.9. The number of alkyl carbamates (subject to hydrolysis) is 1. The number of carbonyl (C=O) groups excluding carboxylic acids is 2. The van der Waals surface area contributed by atoms with Crippen molar-refractivity contribution in [2.24, 2.45) is 0 Å². The molecule has 0 atom stereocenters. The van der Waals surface area contributed by atoms with Gasteiger partial charge in [-0.2, -0.15) is 0 Å². The zero-order valence-corrected chi connectivity index (χ0v) is 18.6. The van der Waals surface area contributed by atoms with E-state index in [9.17, 15) is 19.5 Å². The average molecular weight is 456 g/mol. The van der Waals surface area contributed by atoms with Crippen molar-refractivity contribution < 1.29 is 24.2 Å². The first-order valence-electron chi connectivity index (χ1n) is 11.2. The van der Waals surface area contributed by atoms with Crippen LogP contribution in [0.25, 0.3) is 11.1 Å². The lowest BCUT2D eigenvalue weighted by Crippen LogP contribution is -2.46. The third-order valence-electron chi connectivity index (χ3n) is 6.68. The van der Waals surface area contributed by atoms with Gasteiger partial charge in [-0.05, 0) is 59.7 Å². The van der Waals surface area contributed by atoms with Crippen LogP contribution in [-0.2, 0) is 9.53 Å². The molecule has 3 aromatic rings. The van der Waals surface area contributed by atoms with Gasteiger partial charge in [-0.15, -0.1) is 0 Å². The maximum absolute atomic E-state index is 12.9. The molecule has 7 heteroatoms. The van der Waals surface area contributed by atoms with Crippen LogP contribution in [0.15, 0.2) is 66.7 Å². The monoisotopic (exact) mass is 456 g/mol. The van der Waals surface area contributed by atoms with Gasteiger partial charge in [-0.25, -0.2) is 9.59 Å². The third kappa shape index (κ3) is 3.79. The summed E-state index contributed by atoms with van der Waals surface area (Å²) < 4.78 is 5.58. The van der Waals surface area contributed by atoms with E-state index in [4.69, 9.17) is 4.74 Å². The van der Waals surface area contributed by atoms with Crippen molar-refractivity contribution in [2.45, 2.75) is 31.2 Å². The summed E-state index contributed by atoms with van der Waals surface area (Å²) in [6.07, 6.45) is 0.326. The van der Waals surface area contributed by atoms with Crippen LogP contribution < -0.4 is 10.6 Å². The van der Waals surface area contributed by atoms with E-state index in [0.29, 0.717) is 24.1 Å². The van der Waals surface area contributed by atoms with E-state index in [1.54, 1.807) is 19.1 Å². The molecule has 0 aliphatic heterocycles. The fraction of sp³-hybridized carbons (Fsp3) is 0.222. The normalized spacial score (nSPS) is 15.1. The number of carboxylic acid groups (broad SMARTS) is 1. The number of amides is 2. The zero-order chi connectivity index (χ0) is 23.9. The molecule has 0 bridgehead atoms. The lowest BCUT2D eigenvalue weighted by molar-refractivity contribution is -0.119. The second-order valence-electron chi connectivity index (χ2n) is 8.77. The zero-order valence-electron chi connectivity index (χ0n) is 18.6. The molecule has 0 saturated heterocycles. The second kappa shape index (κ2) is 8.33. The predicted molar refractivity (Wildman–Crippen MR) is 127 cm³/mol. The van der Waals surface area contributed by atoms with Crippen LogP contribution in [-0.4, -0.2) is 35.2 Å². The van der Waals surface area contributed by atoms with Gasteiger partial charge in [0.25, 0.3) is 0 Å². The number of hydrogen-bond donors (Lipinski definition) is 3. The van der Waals surface area contributed by atoms with Crippen LogP contribution in [0.4, 0.5) is 10.5 Å². The minimum absolute atomic E-state index is 0.0662. The summed E-state index contributed by atoms with van der Waals surface area (Å²) in [5.41, 5.74) is 4.45. The number of anilines is 1. The topological polar surface area (TPSA) is 105 Å². The van der Waals surface area contributed by atoms with E-state index >= 15 is 0 Å². The van der Waals surface area contributed by atoms with E-state index in [2.05, 4.69) is 22.8 Å². The lowest BCUT2D eigenvalue weighted by atomic mass is 9.98. The van der Waals surface area contributed by atoms with Crippen molar-refractivity contribution in [3.63, 3.8) is 0 Å². The van der Waals surface area contributed by atoms with Gasteiger partial charge in [0.05, 0.1) is 5.56 Å². The van der Waals surface area contributed by atoms with Gasteiger partial charge in [0, 0.05) is 11.6 Å². The van der Waals surface area contributed by atoms with E-state index in [1.807, 2.05) is 36.4 Å². The average Bonchev–Trinajstić information content (AvgIpc) is 3.54. The number of aromatic carboxylic acids is 1. The summed E-state index contributed by atoms with van der Waals surface area (Å²) in [7, 11) is 0. The first-order valence-corrected chi connectivity index (χ1v) is 11.2. The fourth-order valence-corrected chi connectivity index (χ4v) is 4.61. The summed E-state index contributed by atoms with van der Waals surface area (Å²) in [6, 6.07) is 20.9. The SMILES string of the molecule is Cc1c(NC(=O)C2(NC(=O)OCC3c4ccccc4-c4ccccc43)CC2)cccc1C(=O)O. The Morgan fingerprint density at radius 2 is 1.56 bits per heavy atom. The molecule has 3 aromatic carbocycles. The van der Waals surface area contributed by atoms with Crippen molar-refractivity contribution in [1.82, 2.24) is 5.32 Å². The Hall–Kier alpha value is -4.13. The molecule has 2 aliphatic rings. The van der Waals surface area contributed by atoms with E-state index in [1.165, 1.54) is 6.07 Å². The Balaban J connectivity index is 1.25. The number of carboxylic acids is 1. The maximum Gasteiger partial charge on any atom is 0.408 e. The number of fused-ring (bicyclic) bond motifs is 3. The quantitative estimate of drug-likeness (QED) is 0.499. The molecule has 2 amide bonds. The lowest BCUT2D eigenvalue weighted by Gasteiger charge is -2.20. The van der Waals surface area contributed by atoms with Gasteiger partial charge in [0.2, 0.25) is 5.91 Å². The van der Waals surface area contributed by atoms with E-state index in [-0.39, 0.29) is 24.0 Å². The molecule has 0 heterocycles. The molecular formula is C27H24N2O5. The molecule has 1 fully saturated rings. The van der Waals surface area contributed by atoms with Crippen LogP contribution in [0.2, 0.25) is 0 Å². The van der Waals surface area contributed by atoms with E-state index in [0.717, 1.165) is 22.3 Å². The number of ether oxygens (including phenoxy) is 1. The molecule has 5 rings (SSSR count).